The summed E-state index contributed by atoms with van der Waals surface area (Å²) in [6.07, 6.45) is 2.42. The highest BCUT2D eigenvalue weighted by Crippen LogP contribution is 2.44. The molecule has 21 heavy (non-hydrogen) atoms. The topological polar surface area (TPSA) is 40.6 Å². The van der Waals surface area contributed by atoms with Crippen molar-refractivity contribution in [1.29, 1.82) is 0 Å². The second kappa shape index (κ2) is 5.45. The van der Waals surface area contributed by atoms with Gasteiger partial charge in [0.15, 0.2) is 0 Å². The fourth-order valence-corrected chi connectivity index (χ4v) is 5.02. The minimum atomic E-state index is -3.15. The summed E-state index contributed by atoms with van der Waals surface area (Å²) < 4.78 is 26.4. The monoisotopic (exact) mass is 328 g/mol. The molecule has 1 aliphatic carbocycles. The average molecular weight is 329 g/mol. The van der Waals surface area contributed by atoms with E-state index < -0.39 is 14.8 Å². The van der Waals surface area contributed by atoms with E-state index in [2.05, 4.69) is 4.90 Å². The molecule has 1 heterocycles. The van der Waals surface area contributed by atoms with Gasteiger partial charge in [-0.15, -0.1) is 0 Å². The number of sulfonamides is 1. The van der Waals surface area contributed by atoms with Gasteiger partial charge < -0.3 is 4.90 Å². The minimum absolute atomic E-state index is 0.507. The van der Waals surface area contributed by atoms with Crippen LogP contribution in [0.15, 0.2) is 24.3 Å². The van der Waals surface area contributed by atoms with Crippen molar-refractivity contribution in [2.24, 2.45) is 0 Å². The third-order valence-electron chi connectivity index (χ3n) is 4.56. The molecule has 0 radical (unpaired) electrons. The van der Waals surface area contributed by atoms with Gasteiger partial charge in [-0.25, -0.2) is 8.42 Å². The Morgan fingerprint density at radius 1 is 1.10 bits per heavy atom. The fraction of sp³-hybridized carbons (Fsp3) is 0.600. The lowest BCUT2D eigenvalue weighted by Crippen LogP contribution is -2.41. The molecule has 1 aliphatic heterocycles. The number of para-hydroxylation sites is 1. The smallest absolute Gasteiger partial charge is 0.219 e. The van der Waals surface area contributed by atoms with Crippen molar-refractivity contribution < 1.29 is 8.42 Å². The molecule has 2 fully saturated rings. The quantitative estimate of drug-likeness (QED) is 0.856. The van der Waals surface area contributed by atoms with Crippen LogP contribution in [0.3, 0.4) is 0 Å². The van der Waals surface area contributed by atoms with E-state index in [0.29, 0.717) is 19.6 Å². The predicted molar refractivity (Wildman–Crippen MR) is 86.4 cm³/mol. The van der Waals surface area contributed by atoms with E-state index in [4.69, 9.17) is 11.6 Å². The molecule has 0 aromatic heterocycles. The van der Waals surface area contributed by atoms with Crippen LogP contribution >= 0.6 is 11.6 Å². The number of benzene rings is 1. The van der Waals surface area contributed by atoms with Gasteiger partial charge in [-0.05, 0) is 38.3 Å². The van der Waals surface area contributed by atoms with E-state index in [9.17, 15) is 8.42 Å². The standard InChI is InChI=1S/C15H21ClN2O2S/c1-15(7-8-15)21(19,20)18-10-4-9-17(11-12-18)14-6-3-2-5-13(14)16/h2-3,5-6H,4,7-12H2,1H3. The molecule has 3 rings (SSSR count). The molecule has 1 aromatic carbocycles. The van der Waals surface area contributed by atoms with Gasteiger partial charge in [0.05, 0.1) is 15.5 Å². The van der Waals surface area contributed by atoms with Crippen LogP contribution in [0, 0.1) is 0 Å². The van der Waals surface area contributed by atoms with Crippen LogP contribution in [0.1, 0.15) is 26.2 Å². The van der Waals surface area contributed by atoms with Crippen molar-refractivity contribution in [1.82, 2.24) is 4.31 Å². The second-order valence-corrected chi connectivity index (χ2v) is 9.01. The number of halogens is 1. The van der Waals surface area contributed by atoms with Crippen molar-refractivity contribution in [2.75, 3.05) is 31.1 Å². The molecule has 0 amide bonds. The van der Waals surface area contributed by atoms with Crippen molar-refractivity contribution in [3.05, 3.63) is 29.3 Å². The summed E-state index contributed by atoms with van der Waals surface area (Å²) in [7, 11) is -3.15. The van der Waals surface area contributed by atoms with Crippen LogP contribution < -0.4 is 4.90 Å². The number of hydrogen-bond donors (Lipinski definition) is 0. The lowest BCUT2D eigenvalue weighted by atomic mass is 10.2. The SMILES string of the molecule is CC1(S(=O)(=O)N2CCCN(c3ccccc3Cl)CC2)CC1. The first-order valence-electron chi connectivity index (χ1n) is 7.43. The highest BCUT2D eigenvalue weighted by atomic mass is 35.5. The van der Waals surface area contributed by atoms with Crippen LogP contribution in [0.4, 0.5) is 5.69 Å². The molecular weight excluding hydrogens is 308 g/mol. The van der Waals surface area contributed by atoms with E-state index in [0.717, 1.165) is 36.5 Å². The summed E-state index contributed by atoms with van der Waals surface area (Å²) >= 11 is 6.25. The van der Waals surface area contributed by atoms with Crippen LogP contribution in [-0.4, -0.2) is 43.6 Å². The summed E-state index contributed by atoms with van der Waals surface area (Å²) in [4.78, 5) is 2.19. The Hall–Kier alpha value is -0.780. The Labute approximate surface area is 131 Å². The summed E-state index contributed by atoms with van der Waals surface area (Å²) in [5, 5.41) is 0.725. The molecule has 1 aromatic rings. The largest absolute Gasteiger partial charge is 0.369 e. The van der Waals surface area contributed by atoms with Crippen LogP contribution in [0.25, 0.3) is 0 Å². The number of hydrogen-bond acceptors (Lipinski definition) is 3. The van der Waals surface area contributed by atoms with Gasteiger partial charge in [-0.2, -0.15) is 4.31 Å². The van der Waals surface area contributed by atoms with Crippen molar-refractivity contribution in [2.45, 2.75) is 30.9 Å². The maximum Gasteiger partial charge on any atom is 0.219 e. The van der Waals surface area contributed by atoms with E-state index in [-0.39, 0.29) is 0 Å². The third-order valence-corrected chi connectivity index (χ3v) is 7.58. The fourth-order valence-electron chi connectivity index (χ4n) is 2.83. The Morgan fingerprint density at radius 2 is 1.81 bits per heavy atom. The first-order valence-corrected chi connectivity index (χ1v) is 9.25. The highest BCUT2D eigenvalue weighted by Gasteiger charge is 2.52. The molecular formula is C15H21ClN2O2S. The molecule has 1 saturated carbocycles. The molecule has 6 heteroatoms. The summed E-state index contributed by atoms with van der Waals surface area (Å²) in [6, 6.07) is 7.75. The van der Waals surface area contributed by atoms with E-state index in [1.165, 1.54) is 0 Å². The van der Waals surface area contributed by atoms with Crippen LogP contribution in [-0.2, 0) is 10.0 Å². The summed E-state index contributed by atoms with van der Waals surface area (Å²) in [5.41, 5.74) is 0.996. The van der Waals surface area contributed by atoms with E-state index in [1.807, 2.05) is 31.2 Å². The lowest BCUT2D eigenvalue weighted by molar-refractivity contribution is 0.424. The van der Waals surface area contributed by atoms with Gasteiger partial charge in [0, 0.05) is 26.2 Å². The van der Waals surface area contributed by atoms with Gasteiger partial charge in [0.25, 0.3) is 0 Å². The predicted octanol–water partition coefficient (Wildman–Crippen LogP) is 2.73. The Kier molecular flexibility index (Phi) is 3.93. The number of nitrogens with zero attached hydrogens (tertiary/aromatic N) is 2. The molecule has 4 nitrogen and oxygen atoms in total. The van der Waals surface area contributed by atoms with Gasteiger partial charge in [0.2, 0.25) is 10.0 Å². The van der Waals surface area contributed by atoms with Gasteiger partial charge in [0.1, 0.15) is 0 Å². The van der Waals surface area contributed by atoms with Gasteiger partial charge >= 0.3 is 0 Å². The second-order valence-electron chi connectivity index (χ2n) is 6.15. The normalized spacial score (nSPS) is 22.9. The van der Waals surface area contributed by atoms with Gasteiger partial charge in [-0.1, -0.05) is 23.7 Å². The molecule has 0 atom stereocenters. The van der Waals surface area contributed by atoms with Crippen LogP contribution in [0.5, 0.6) is 0 Å². The average Bonchev–Trinajstić information content (AvgIpc) is 3.23. The summed E-state index contributed by atoms with van der Waals surface area (Å²) in [6.45, 7) is 4.55. The number of rotatable bonds is 3. The first kappa shape index (κ1) is 15.1. The number of anilines is 1. The van der Waals surface area contributed by atoms with Crippen molar-refractivity contribution >= 4 is 27.3 Å². The zero-order chi connectivity index (χ0) is 15.1. The van der Waals surface area contributed by atoms with E-state index in [1.54, 1.807) is 4.31 Å². The molecule has 1 saturated heterocycles. The molecule has 0 N–H and O–H groups in total. The third kappa shape index (κ3) is 2.79. The Bertz CT molecular complexity index is 628. The maximum atomic E-state index is 12.6. The lowest BCUT2D eigenvalue weighted by Gasteiger charge is -2.25. The van der Waals surface area contributed by atoms with E-state index >= 15 is 0 Å². The molecule has 2 aliphatic rings. The molecule has 0 spiro atoms. The highest BCUT2D eigenvalue weighted by molar-refractivity contribution is 7.90. The zero-order valence-corrected chi connectivity index (χ0v) is 13.8. The molecule has 116 valence electrons. The minimum Gasteiger partial charge on any atom is -0.369 e. The zero-order valence-electron chi connectivity index (χ0n) is 12.3. The Balaban J connectivity index is 1.75. The maximum absolute atomic E-state index is 12.6. The first-order chi connectivity index (χ1) is 9.94. The Morgan fingerprint density at radius 3 is 2.48 bits per heavy atom. The molecule has 0 unspecified atom stereocenters. The van der Waals surface area contributed by atoms with Gasteiger partial charge in [-0.3, -0.25) is 0 Å². The summed E-state index contributed by atoms with van der Waals surface area (Å²) in [5.74, 6) is 0. The van der Waals surface area contributed by atoms with Crippen molar-refractivity contribution in [3.63, 3.8) is 0 Å². The molecule has 0 bridgehead atoms. The van der Waals surface area contributed by atoms with Crippen molar-refractivity contribution in [3.8, 4) is 0 Å². The van der Waals surface area contributed by atoms with Crippen LogP contribution in [0.2, 0.25) is 5.02 Å².